The van der Waals surface area contributed by atoms with Crippen LogP contribution in [-0.4, -0.2) is 33.9 Å². The molecule has 0 aliphatic rings. The first-order valence-corrected chi connectivity index (χ1v) is 12.0. The Balaban J connectivity index is 0.00000342. The number of thioether (sulfide) groups is 1. The Morgan fingerprint density at radius 2 is 1.69 bits per heavy atom. The zero-order chi connectivity index (χ0) is 24.2. The second kappa shape index (κ2) is 11.9. The molecular formula is C25H18FN2NaO4S2. The molecule has 0 saturated carbocycles. The second-order valence-corrected chi connectivity index (χ2v) is 8.72. The number of halogens is 1. The summed E-state index contributed by atoms with van der Waals surface area (Å²) in [5, 5.41) is 12.4. The zero-order valence-electron chi connectivity index (χ0n) is 19.2. The molecule has 6 nitrogen and oxygen atoms in total. The third-order valence-corrected chi connectivity index (χ3v) is 6.57. The summed E-state index contributed by atoms with van der Waals surface area (Å²) in [7, 11) is 1.35. The maximum atomic E-state index is 14.4. The van der Waals surface area contributed by atoms with Gasteiger partial charge >= 0.3 is 29.6 Å². The van der Waals surface area contributed by atoms with Crippen molar-refractivity contribution >= 4 is 51.8 Å². The van der Waals surface area contributed by atoms with E-state index < -0.39 is 17.6 Å². The molecule has 0 saturated heterocycles. The van der Waals surface area contributed by atoms with Crippen molar-refractivity contribution in [3.63, 3.8) is 0 Å². The van der Waals surface area contributed by atoms with E-state index in [4.69, 9.17) is 4.74 Å². The van der Waals surface area contributed by atoms with Gasteiger partial charge in [-0.05, 0) is 65.9 Å². The summed E-state index contributed by atoms with van der Waals surface area (Å²) in [6.07, 6.45) is 1.79. The topological polar surface area (TPSA) is 92.2 Å². The van der Waals surface area contributed by atoms with Gasteiger partial charge in [-0.25, -0.2) is 4.39 Å². The number of carboxylic acid groups (broad SMARTS) is 1. The van der Waals surface area contributed by atoms with E-state index in [2.05, 4.69) is 8.75 Å². The van der Waals surface area contributed by atoms with Crippen molar-refractivity contribution in [3.8, 4) is 5.75 Å². The van der Waals surface area contributed by atoms with Crippen LogP contribution < -0.4 is 39.4 Å². The maximum absolute atomic E-state index is 14.4. The molecule has 0 atom stereocenters. The van der Waals surface area contributed by atoms with E-state index in [9.17, 15) is 19.1 Å². The molecule has 0 bridgehead atoms. The third kappa shape index (κ3) is 5.99. The predicted molar refractivity (Wildman–Crippen MR) is 129 cm³/mol. The van der Waals surface area contributed by atoms with Crippen LogP contribution >= 0.6 is 23.5 Å². The first kappa shape index (κ1) is 27.0. The molecule has 10 heteroatoms. The molecule has 4 rings (SSSR count). The van der Waals surface area contributed by atoms with Crippen molar-refractivity contribution < 1.29 is 53.4 Å². The number of ketones is 1. The van der Waals surface area contributed by atoms with Gasteiger partial charge < -0.3 is 14.6 Å². The van der Waals surface area contributed by atoms with E-state index in [1.807, 2.05) is 6.26 Å². The van der Waals surface area contributed by atoms with Gasteiger partial charge in [-0.15, -0.1) is 11.8 Å². The molecule has 4 aromatic rings. The molecule has 1 aromatic heterocycles. The average Bonchev–Trinajstić information content (AvgIpc) is 3.31. The number of carbonyl (C=O) groups excluding carboxylic acids is 2. The van der Waals surface area contributed by atoms with Gasteiger partial charge in [-0.3, -0.25) is 4.79 Å². The van der Waals surface area contributed by atoms with Crippen molar-refractivity contribution in [1.82, 2.24) is 8.75 Å². The summed E-state index contributed by atoms with van der Waals surface area (Å²) in [6.45, 7) is 0. The summed E-state index contributed by atoms with van der Waals surface area (Å²) in [6, 6.07) is 15.9. The summed E-state index contributed by atoms with van der Waals surface area (Å²) < 4.78 is 27.6. The van der Waals surface area contributed by atoms with Gasteiger partial charge in [0.2, 0.25) is 0 Å². The first-order valence-electron chi connectivity index (χ1n) is 10.1. The van der Waals surface area contributed by atoms with Crippen LogP contribution in [0.25, 0.3) is 16.6 Å². The fourth-order valence-electron chi connectivity index (χ4n) is 3.58. The number of aromatic nitrogens is 2. The van der Waals surface area contributed by atoms with E-state index >= 15 is 0 Å². The fraction of sp³-hybridized carbons (Fsp3) is 0.120. The van der Waals surface area contributed by atoms with Crippen LogP contribution in [0.3, 0.4) is 0 Å². The van der Waals surface area contributed by atoms with Gasteiger partial charge in [0.25, 0.3) is 0 Å². The quantitative estimate of drug-likeness (QED) is 0.150. The largest absolute Gasteiger partial charge is 1.00 e. The van der Waals surface area contributed by atoms with Crippen LogP contribution in [0.15, 0.2) is 71.1 Å². The number of rotatable bonds is 8. The van der Waals surface area contributed by atoms with Gasteiger partial charge in [0.05, 0.1) is 24.8 Å². The summed E-state index contributed by atoms with van der Waals surface area (Å²) in [5.74, 6) is -2.56. The van der Waals surface area contributed by atoms with Crippen molar-refractivity contribution in [2.75, 3.05) is 13.4 Å². The van der Waals surface area contributed by atoms with E-state index in [0.717, 1.165) is 16.6 Å². The number of methoxy groups -OCH3 is 1. The van der Waals surface area contributed by atoms with Gasteiger partial charge in [0.1, 0.15) is 11.0 Å². The minimum atomic E-state index is -1.51. The van der Waals surface area contributed by atoms with E-state index in [0.29, 0.717) is 22.2 Å². The number of aliphatic carboxylic acids is 1. The number of ether oxygens (including phenoxy) is 1. The third-order valence-electron chi connectivity index (χ3n) is 5.27. The van der Waals surface area contributed by atoms with Crippen molar-refractivity contribution in [2.24, 2.45) is 0 Å². The summed E-state index contributed by atoms with van der Waals surface area (Å²) in [5.41, 5.74) is 1.82. The van der Waals surface area contributed by atoms with Crippen LogP contribution in [0.4, 0.5) is 4.39 Å². The van der Waals surface area contributed by atoms with Gasteiger partial charge in [0, 0.05) is 28.0 Å². The monoisotopic (exact) mass is 516 g/mol. The molecule has 1 heterocycles. The SMILES string of the molecule is COc1ccc(CC(C(=O)c2ccc(SC)cc2)=C(C(=O)[O-])c2ccc3nsnc3c2)cc1F.[Na+]. The molecule has 0 aliphatic heterocycles. The van der Waals surface area contributed by atoms with E-state index in [1.54, 1.807) is 48.5 Å². The number of carboxylic acids is 1. The van der Waals surface area contributed by atoms with Crippen molar-refractivity contribution in [3.05, 3.63) is 88.7 Å². The van der Waals surface area contributed by atoms with Crippen LogP contribution in [-0.2, 0) is 11.2 Å². The van der Waals surface area contributed by atoms with E-state index in [-0.39, 0.29) is 58.4 Å². The molecule has 0 aliphatic carbocycles. The Labute approximate surface area is 231 Å². The Kier molecular flexibility index (Phi) is 9.21. The van der Waals surface area contributed by atoms with Crippen LogP contribution in [0.1, 0.15) is 21.5 Å². The molecule has 0 unspecified atom stereocenters. The Hall–Kier alpha value is -2.56. The molecule has 172 valence electrons. The predicted octanol–water partition coefficient (Wildman–Crippen LogP) is 1.19. The average molecular weight is 517 g/mol. The number of benzene rings is 3. The zero-order valence-corrected chi connectivity index (χ0v) is 22.8. The molecule has 0 fully saturated rings. The number of carbonyl (C=O) groups is 2. The Morgan fingerprint density at radius 1 is 1.00 bits per heavy atom. The molecule has 35 heavy (non-hydrogen) atoms. The molecule has 0 N–H and O–H groups in total. The molecule has 0 spiro atoms. The van der Waals surface area contributed by atoms with E-state index in [1.165, 1.54) is 31.0 Å². The number of allylic oxidation sites excluding steroid dienone is 1. The number of Topliss-reactive ketones (excluding diaryl/α,β-unsaturated/α-hetero) is 1. The van der Waals surface area contributed by atoms with Gasteiger partial charge in [0.15, 0.2) is 17.3 Å². The van der Waals surface area contributed by atoms with Crippen LogP contribution in [0.2, 0.25) is 0 Å². The van der Waals surface area contributed by atoms with Gasteiger partial charge in [-0.2, -0.15) is 8.75 Å². The Bertz CT molecular complexity index is 1420. The number of nitrogens with zero attached hydrogens (tertiary/aromatic N) is 2. The number of fused-ring (bicyclic) bond motifs is 1. The second-order valence-electron chi connectivity index (χ2n) is 7.31. The maximum Gasteiger partial charge on any atom is 1.00 e. The summed E-state index contributed by atoms with van der Waals surface area (Å²) >= 11 is 2.53. The van der Waals surface area contributed by atoms with Crippen LogP contribution in [0, 0.1) is 5.82 Å². The summed E-state index contributed by atoms with van der Waals surface area (Å²) in [4.78, 5) is 26.9. The minimum Gasteiger partial charge on any atom is -0.545 e. The molecular weight excluding hydrogens is 498 g/mol. The smallest absolute Gasteiger partial charge is 0.545 e. The Morgan fingerprint density at radius 3 is 2.31 bits per heavy atom. The number of hydrogen-bond donors (Lipinski definition) is 0. The normalized spacial score (nSPS) is 11.5. The van der Waals surface area contributed by atoms with Crippen molar-refractivity contribution in [1.29, 1.82) is 0 Å². The minimum absolute atomic E-state index is 0. The van der Waals surface area contributed by atoms with Crippen LogP contribution in [0.5, 0.6) is 5.75 Å². The fourth-order valence-corrected chi connectivity index (χ4v) is 4.50. The van der Waals surface area contributed by atoms with Crippen molar-refractivity contribution in [2.45, 2.75) is 11.3 Å². The molecule has 0 amide bonds. The first-order chi connectivity index (χ1) is 16.4. The molecule has 3 aromatic carbocycles. The molecule has 0 radical (unpaired) electrons. The standard InChI is InChI=1S/C25H19FN2O4S2.Na/c1-32-22-10-3-14(12-19(22)26)11-18(24(29)15-4-7-17(33-2)8-5-15)23(25(30)31)16-6-9-20-21(13-16)28-34-27-20;/h3-10,12-13H,11H2,1-2H3,(H,30,31);/q;+1/p-1. The van der Waals surface area contributed by atoms with Gasteiger partial charge in [-0.1, -0.05) is 12.1 Å². The number of hydrogen-bond acceptors (Lipinski definition) is 8.